The van der Waals surface area contributed by atoms with Gasteiger partial charge in [0.25, 0.3) is 0 Å². The monoisotopic (exact) mass is 389 g/mol. The summed E-state index contributed by atoms with van der Waals surface area (Å²) in [4.78, 5) is 17.7. The number of rotatable bonds is 6. The quantitative estimate of drug-likeness (QED) is 0.747. The van der Waals surface area contributed by atoms with Crippen molar-refractivity contribution >= 4 is 17.3 Å². The average Bonchev–Trinajstić information content (AvgIpc) is 3.14. The predicted octanol–water partition coefficient (Wildman–Crippen LogP) is 4.73. The van der Waals surface area contributed by atoms with Crippen molar-refractivity contribution in [3.05, 3.63) is 77.8 Å². The summed E-state index contributed by atoms with van der Waals surface area (Å²) in [5.74, 6) is 0.578. The Morgan fingerprint density at radius 3 is 2.79 bits per heavy atom. The molecule has 1 aromatic carbocycles. The van der Waals surface area contributed by atoms with E-state index in [0.29, 0.717) is 23.4 Å². The van der Waals surface area contributed by atoms with Gasteiger partial charge in [-0.15, -0.1) is 0 Å². The van der Waals surface area contributed by atoms with Crippen molar-refractivity contribution in [1.82, 2.24) is 4.98 Å². The maximum atomic E-state index is 11.4. The van der Waals surface area contributed by atoms with Crippen LogP contribution in [0.25, 0.3) is 0 Å². The van der Waals surface area contributed by atoms with Crippen molar-refractivity contribution in [2.24, 2.45) is 17.8 Å². The van der Waals surface area contributed by atoms with Crippen molar-refractivity contribution in [2.75, 3.05) is 23.8 Å². The zero-order valence-corrected chi connectivity index (χ0v) is 16.9. The Hall–Kier alpha value is -3.08. The first-order valence-electron chi connectivity index (χ1n) is 10.1. The predicted molar refractivity (Wildman–Crippen MR) is 116 cm³/mol. The molecule has 2 aliphatic rings. The molecule has 5 heteroatoms. The number of hydrogen-bond acceptors (Lipinski definition) is 4. The molecule has 1 heterocycles. The third-order valence-corrected chi connectivity index (χ3v) is 6.20. The molecule has 29 heavy (non-hydrogen) atoms. The number of aromatic carboxylic acids is 1. The number of nitrogens with one attached hydrogen (secondary N) is 1. The Bertz CT molecular complexity index is 949. The van der Waals surface area contributed by atoms with Crippen LogP contribution in [0, 0.1) is 24.7 Å². The number of likely N-dealkylation sites (N-methyl/N-ethyl adjacent to an activating group) is 1. The van der Waals surface area contributed by atoms with E-state index >= 15 is 0 Å². The summed E-state index contributed by atoms with van der Waals surface area (Å²) < 4.78 is 0. The number of hydrogen-bond donors (Lipinski definition) is 2. The topological polar surface area (TPSA) is 65.5 Å². The number of benzene rings is 1. The zero-order valence-electron chi connectivity index (χ0n) is 16.9. The number of allylic oxidation sites excluding steroid dienone is 3. The van der Waals surface area contributed by atoms with E-state index in [9.17, 15) is 9.90 Å². The summed E-state index contributed by atoms with van der Waals surface area (Å²) in [5, 5.41) is 12.7. The molecule has 1 aromatic heterocycles. The Labute approximate surface area is 171 Å². The average molecular weight is 389 g/mol. The van der Waals surface area contributed by atoms with Gasteiger partial charge in [-0.1, -0.05) is 29.8 Å². The van der Waals surface area contributed by atoms with E-state index < -0.39 is 5.97 Å². The molecule has 0 aliphatic heterocycles. The third-order valence-electron chi connectivity index (χ3n) is 6.20. The van der Waals surface area contributed by atoms with Crippen LogP contribution in [0.1, 0.15) is 28.8 Å². The smallest absolute Gasteiger partial charge is 0.337 e. The molecule has 5 nitrogen and oxygen atoms in total. The number of carboxylic acid groups (broad SMARTS) is 1. The minimum absolute atomic E-state index is 0.274. The van der Waals surface area contributed by atoms with E-state index in [2.05, 4.69) is 71.7 Å². The van der Waals surface area contributed by atoms with Crippen molar-refractivity contribution in [1.29, 1.82) is 0 Å². The largest absolute Gasteiger partial charge is 0.478 e. The van der Waals surface area contributed by atoms with Gasteiger partial charge in [0.2, 0.25) is 0 Å². The van der Waals surface area contributed by atoms with Crippen molar-refractivity contribution in [2.45, 2.75) is 19.8 Å². The minimum atomic E-state index is -0.927. The van der Waals surface area contributed by atoms with Crippen LogP contribution < -0.4 is 10.2 Å². The Morgan fingerprint density at radius 2 is 2.03 bits per heavy atom. The molecule has 0 radical (unpaired) electrons. The van der Waals surface area contributed by atoms with Gasteiger partial charge in [0.05, 0.1) is 17.4 Å². The lowest BCUT2D eigenvalue weighted by atomic mass is 9.85. The highest BCUT2D eigenvalue weighted by Gasteiger charge is 2.35. The number of carboxylic acids is 1. The van der Waals surface area contributed by atoms with Crippen LogP contribution in [0.5, 0.6) is 0 Å². The van der Waals surface area contributed by atoms with E-state index in [-0.39, 0.29) is 5.56 Å². The zero-order chi connectivity index (χ0) is 20.4. The molecule has 0 bridgehead atoms. The molecule has 0 amide bonds. The molecular weight excluding hydrogens is 362 g/mol. The first-order chi connectivity index (χ1) is 14.0. The van der Waals surface area contributed by atoms with Gasteiger partial charge in [-0.3, -0.25) is 4.98 Å². The highest BCUT2D eigenvalue weighted by Crippen LogP contribution is 2.42. The second-order valence-corrected chi connectivity index (χ2v) is 8.03. The standard InChI is InChI=1S/C24H27N3O2/c1-16-3-7-19(8-4-16)27(2)20-9-10-21-17(13-20)5-6-18(21)14-26-23-15-25-12-11-22(23)24(28)29/h3-4,7-13,15,17-18,21,26H,5-6,14H2,1-2H3,(H,28,29)/t17?,18-,21?/m0/s1. The summed E-state index contributed by atoms with van der Waals surface area (Å²) in [6.07, 6.45) is 12.4. The van der Waals surface area contributed by atoms with E-state index in [1.807, 2.05) is 0 Å². The van der Waals surface area contributed by atoms with Crippen LogP contribution in [0.3, 0.4) is 0 Å². The lowest BCUT2D eigenvalue weighted by Gasteiger charge is -2.29. The second kappa shape index (κ2) is 8.11. The maximum absolute atomic E-state index is 11.4. The highest BCUT2D eigenvalue weighted by molar-refractivity contribution is 5.93. The second-order valence-electron chi connectivity index (χ2n) is 8.03. The number of fused-ring (bicyclic) bond motifs is 1. The first-order valence-corrected chi connectivity index (χ1v) is 10.1. The lowest BCUT2D eigenvalue weighted by Crippen LogP contribution is -2.24. The molecule has 2 N–H and O–H groups in total. The molecule has 1 fully saturated rings. The number of carbonyl (C=O) groups is 1. The van der Waals surface area contributed by atoms with Crippen LogP contribution in [0.15, 0.2) is 66.7 Å². The number of anilines is 2. The van der Waals surface area contributed by atoms with Gasteiger partial charge in [0, 0.05) is 31.2 Å². The van der Waals surface area contributed by atoms with Crippen LogP contribution in [0.2, 0.25) is 0 Å². The lowest BCUT2D eigenvalue weighted by molar-refractivity contribution is 0.0697. The van der Waals surface area contributed by atoms with Crippen LogP contribution in [0.4, 0.5) is 11.4 Å². The SMILES string of the molecule is Cc1ccc(N(C)C2=CC3CC[C@@H](CNc4cnccc4C(=O)O)C3C=C2)cc1. The fourth-order valence-electron chi connectivity index (χ4n) is 4.46. The molecule has 2 aromatic rings. The summed E-state index contributed by atoms with van der Waals surface area (Å²) in [6, 6.07) is 10.1. The number of aromatic nitrogens is 1. The van der Waals surface area contributed by atoms with Gasteiger partial charge in [-0.25, -0.2) is 4.79 Å². The van der Waals surface area contributed by atoms with E-state index in [0.717, 1.165) is 19.4 Å². The van der Waals surface area contributed by atoms with Gasteiger partial charge in [0.1, 0.15) is 0 Å². The van der Waals surface area contributed by atoms with Gasteiger partial charge < -0.3 is 15.3 Å². The molecule has 2 aliphatic carbocycles. The van der Waals surface area contributed by atoms with Crippen LogP contribution >= 0.6 is 0 Å². The number of aryl methyl sites for hydroxylation is 1. The summed E-state index contributed by atoms with van der Waals surface area (Å²) in [6.45, 7) is 2.86. The number of pyridine rings is 1. The fraction of sp³-hybridized carbons (Fsp3) is 0.333. The van der Waals surface area contributed by atoms with Crippen molar-refractivity contribution in [3.63, 3.8) is 0 Å². The maximum Gasteiger partial charge on any atom is 0.337 e. The van der Waals surface area contributed by atoms with Crippen molar-refractivity contribution in [3.8, 4) is 0 Å². The molecule has 0 spiro atoms. The molecule has 3 atom stereocenters. The molecule has 150 valence electrons. The summed E-state index contributed by atoms with van der Waals surface area (Å²) >= 11 is 0. The Balaban J connectivity index is 1.42. The van der Waals surface area contributed by atoms with Gasteiger partial charge in [-0.05, 0) is 61.8 Å². The van der Waals surface area contributed by atoms with Crippen LogP contribution in [-0.2, 0) is 0 Å². The molecule has 2 unspecified atom stereocenters. The van der Waals surface area contributed by atoms with E-state index in [4.69, 9.17) is 0 Å². The highest BCUT2D eigenvalue weighted by atomic mass is 16.4. The normalized spacial score (nSPS) is 22.7. The number of nitrogens with zero attached hydrogens (tertiary/aromatic N) is 2. The van der Waals surface area contributed by atoms with Gasteiger partial charge in [0.15, 0.2) is 0 Å². The Kier molecular flexibility index (Phi) is 5.38. The minimum Gasteiger partial charge on any atom is -0.478 e. The first kappa shape index (κ1) is 19.2. The summed E-state index contributed by atoms with van der Waals surface area (Å²) in [7, 11) is 2.12. The van der Waals surface area contributed by atoms with E-state index in [1.165, 1.54) is 23.1 Å². The van der Waals surface area contributed by atoms with E-state index in [1.54, 1.807) is 12.3 Å². The summed E-state index contributed by atoms with van der Waals surface area (Å²) in [5.41, 5.74) is 4.57. The van der Waals surface area contributed by atoms with Gasteiger partial charge in [-0.2, -0.15) is 0 Å². The molecule has 1 saturated carbocycles. The van der Waals surface area contributed by atoms with Crippen LogP contribution in [-0.4, -0.2) is 29.7 Å². The fourth-order valence-corrected chi connectivity index (χ4v) is 4.46. The molecular formula is C24H27N3O2. The van der Waals surface area contributed by atoms with Crippen molar-refractivity contribution < 1.29 is 9.90 Å². The van der Waals surface area contributed by atoms with Gasteiger partial charge >= 0.3 is 5.97 Å². The Morgan fingerprint density at radius 1 is 1.24 bits per heavy atom. The molecule has 0 saturated heterocycles. The third kappa shape index (κ3) is 4.04. The molecule has 4 rings (SSSR count).